The molecule has 0 aliphatic rings. The van der Waals surface area contributed by atoms with Crippen LogP contribution in [-0.2, 0) is 0 Å². The molecule has 3 nitrogen and oxygen atoms in total. The Bertz CT molecular complexity index is 365. The minimum atomic E-state index is -0.128. The molecule has 0 spiro atoms. The Kier molecular flexibility index (Phi) is 4.19. The van der Waals surface area contributed by atoms with Gasteiger partial charge in [-0.2, -0.15) is 5.26 Å². The van der Waals surface area contributed by atoms with E-state index < -0.39 is 0 Å². The van der Waals surface area contributed by atoms with E-state index in [4.69, 9.17) is 10.00 Å². The zero-order chi connectivity index (χ0) is 12.1. The van der Waals surface area contributed by atoms with Crippen LogP contribution in [0.4, 0.5) is 5.69 Å². The normalized spacial score (nSPS) is 12.0. The number of hydrogen-bond acceptors (Lipinski definition) is 3. The highest BCUT2D eigenvalue weighted by molar-refractivity contribution is 5.50. The van der Waals surface area contributed by atoms with Crippen molar-refractivity contribution in [2.75, 3.05) is 11.9 Å². The van der Waals surface area contributed by atoms with Gasteiger partial charge in [-0.15, -0.1) is 0 Å². The molecule has 3 heteroatoms. The number of benzene rings is 1. The lowest BCUT2D eigenvalue weighted by Gasteiger charge is -2.22. The Labute approximate surface area is 97.3 Å². The fourth-order valence-electron chi connectivity index (χ4n) is 1.34. The van der Waals surface area contributed by atoms with Crippen LogP contribution < -0.4 is 9.64 Å². The van der Waals surface area contributed by atoms with Crippen LogP contribution in [0.15, 0.2) is 24.3 Å². The molecule has 1 rings (SSSR count). The number of nitrogens with zero attached hydrogens (tertiary/aromatic N) is 2. The maximum Gasteiger partial charge on any atom is 0.119 e. The summed E-state index contributed by atoms with van der Waals surface area (Å²) in [5, 5.41) is 8.82. The Hall–Kier alpha value is -1.69. The SMILES string of the molecule is CC(C)Oc1ccc(N(C)C(C)C#N)cc1. The summed E-state index contributed by atoms with van der Waals surface area (Å²) in [7, 11) is 1.91. The van der Waals surface area contributed by atoms with E-state index in [0.29, 0.717) is 0 Å². The predicted molar refractivity (Wildman–Crippen MR) is 65.7 cm³/mol. The highest BCUT2D eigenvalue weighted by atomic mass is 16.5. The predicted octanol–water partition coefficient (Wildman–Crippen LogP) is 2.82. The van der Waals surface area contributed by atoms with Gasteiger partial charge in [-0.1, -0.05) is 0 Å². The minimum Gasteiger partial charge on any atom is -0.491 e. The van der Waals surface area contributed by atoms with E-state index in [2.05, 4.69) is 6.07 Å². The molecule has 1 aromatic rings. The van der Waals surface area contributed by atoms with Gasteiger partial charge < -0.3 is 9.64 Å². The lowest BCUT2D eigenvalue weighted by molar-refractivity contribution is 0.242. The van der Waals surface area contributed by atoms with Crippen molar-refractivity contribution in [3.8, 4) is 11.8 Å². The molecule has 0 fully saturated rings. The summed E-state index contributed by atoms with van der Waals surface area (Å²) in [5.74, 6) is 0.858. The Morgan fingerprint density at radius 1 is 1.19 bits per heavy atom. The third-order valence-corrected chi connectivity index (χ3v) is 2.38. The van der Waals surface area contributed by atoms with Crippen molar-refractivity contribution in [2.24, 2.45) is 0 Å². The summed E-state index contributed by atoms with van der Waals surface area (Å²) in [6.07, 6.45) is 0.182. The lowest BCUT2D eigenvalue weighted by atomic mass is 10.2. The summed E-state index contributed by atoms with van der Waals surface area (Å²) in [6, 6.07) is 9.86. The first-order valence-electron chi connectivity index (χ1n) is 5.43. The smallest absolute Gasteiger partial charge is 0.119 e. The minimum absolute atomic E-state index is 0.128. The largest absolute Gasteiger partial charge is 0.491 e. The van der Waals surface area contributed by atoms with Crippen molar-refractivity contribution in [3.05, 3.63) is 24.3 Å². The molecule has 0 aromatic heterocycles. The molecule has 1 atom stereocenters. The fourth-order valence-corrected chi connectivity index (χ4v) is 1.34. The maximum absolute atomic E-state index is 8.82. The highest BCUT2D eigenvalue weighted by Crippen LogP contribution is 2.20. The molecule has 0 aliphatic carbocycles. The fraction of sp³-hybridized carbons (Fsp3) is 0.462. The van der Waals surface area contributed by atoms with E-state index in [0.717, 1.165) is 11.4 Å². The van der Waals surface area contributed by atoms with E-state index in [1.54, 1.807) is 0 Å². The number of anilines is 1. The van der Waals surface area contributed by atoms with Gasteiger partial charge in [-0.3, -0.25) is 0 Å². The van der Waals surface area contributed by atoms with E-state index in [9.17, 15) is 0 Å². The second-order valence-corrected chi connectivity index (χ2v) is 4.08. The Morgan fingerprint density at radius 3 is 2.19 bits per heavy atom. The molecular formula is C13H18N2O. The molecule has 1 aromatic carbocycles. The standard InChI is InChI=1S/C13H18N2O/c1-10(2)16-13-7-5-12(6-8-13)15(4)11(3)9-14/h5-8,10-11H,1-4H3. The van der Waals surface area contributed by atoms with Crippen molar-refractivity contribution in [1.82, 2.24) is 0 Å². The van der Waals surface area contributed by atoms with Gasteiger partial charge >= 0.3 is 0 Å². The third kappa shape index (κ3) is 3.16. The first kappa shape index (κ1) is 12.4. The van der Waals surface area contributed by atoms with Crippen molar-refractivity contribution in [3.63, 3.8) is 0 Å². The van der Waals surface area contributed by atoms with Crippen molar-refractivity contribution < 1.29 is 4.74 Å². The summed E-state index contributed by atoms with van der Waals surface area (Å²) in [6.45, 7) is 5.87. The quantitative estimate of drug-likeness (QED) is 0.779. The zero-order valence-electron chi connectivity index (χ0n) is 10.3. The molecule has 0 aliphatic heterocycles. The molecule has 0 heterocycles. The molecule has 0 radical (unpaired) electrons. The second-order valence-electron chi connectivity index (χ2n) is 4.08. The Balaban J connectivity index is 2.75. The van der Waals surface area contributed by atoms with E-state index in [1.807, 2.05) is 57.0 Å². The summed E-state index contributed by atoms with van der Waals surface area (Å²) in [5.41, 5.74) is 1.02. The van der Waals surface area contributed by atoms with Crippen LogP contribution in [-0.4, -0.2) is 19.2 Å². The summed E-state index contributed by atoms with van der Waals surface area (Å²) in [4.78, 5) is 1.93. The van der Waals surface area contributed by atoms with Gasteiger partial charge in [0, 0.05) is 12.7 Å². The molecular weight excluding hydrogens is 200 g/mol. The second kappa shape index (κ2) is 5.41. The summed E-state index contributed by atoms with van der Waals surface area (Å²) < 4.78 is 5.55. The van der Waals surface area contributed by atoms with Gasteiger partial charge in [0.25, 0.3) is 0 Å². The number of hydrogen-bond donors (Lipinski definition) is 0. The van der Waals surface area contributed by atoms with Gasteiger partial charge in [0.1, 0.15) is 11.8 Å². The molecule has 0 bridgehead atoms. The maximum atomic E-state index is 8.82. The van der Waals surface area contributed by atoms with E-state index in [-0.39, 0.29) is 12.1 Å². The summed E-state index contributed by atoms with van der Waals surface area (Å²) >= 11 is 0. The first-order valence-corrected chi connectivity index (χ1v) is 5.43. The van der Waals surface area contributed by atoms with Gasteiger partial charge in [0.05, 0.1) is 12.2 Å². The molecule has 16 heavy (non-hydrogen) atoms. The van der Waals surface area contributed by atoms with Crippen LogP contribution in [0, 0.1) is 11.3 Å². The third-order valence-electron chi connectivity index (χ3n) is 2.38. The average Bonchev–Trinajstić information content (AvgIpc) is 2.27. The Morgan fingerprint density at radius 2 is 1.75 bits per heavy atom. The van der Waals surface area contributed by atoms with Crippen LogP contribution >= 0.6 is 0 Å². The number of ether oxygens (including phenoxy) is 1. The molecule has 86 valence electrons. The molecule has 0 N–H and O–H groups in total. The monoisotopic (exact) mass is 218 g/mol. The molecule has 1 unspecified atom stereocenters. The van der Waals surface area contributed by atoms with Gasteiger partial charge in [-0.25, -0.2) is 0 Å². The molecule has 0 saturated carbocycles. The van der Waals surface area contributed by atoms with E-state index in [1.165, 1.54) is 0 Å². The van der Waals surface area contributed by atoms with Gasteiger partial charge in [-0.05, 0) is 45.0 Å². The highest BCUT2D eigenvalue weighted by Gasteiger charge is 2.08. The average molecular weight is 218 g/mol. The first-order chi connectivity index (χ1) is 7.54. The van der Waals surface area contributed by atoms with Gasteiger partial charge in [0.15, 0.2) is 0 Å². The van der Waals surface area contributed by atoms with E-state index >= 15 is 0 Å². The van der Waals surface area contributed by atoms with Crippen LogP contribution in [0.3, 0.4) is 0 Å². The van der Waals surface area contributed by atoms with Crippen molar-refractivity contribution in [1.29, 1.82) is 5.26 Å². The molecule has 0 amide bonds. The van der Waals surface area contributed by atoms with Gasteiger partial charge in [0.2, 0.25) is 0 Å². The van der Waals surface area contributed by atoms with Crippen LogP contribution in [0.5, 0.6) is 5.75 Å². The zero-order valence-corrected chi connectivity index (χ0v) is 10.3. The topological polar surface area (TPSA) is 36.3 Å². The number of rotatable bonds is 4. The van der Waals surface area contributed by atoms with Crippen LogP contribution in [0.2, 0.25) is 0 Å². The van der Waals surface area contributed by atoms with Crippen LogP contribution in [0.25, 0.3) is 0 Å². The lowest BCUT2D eigenvalue weighted by Crippen LogP contribution is -2.26. The van der Waals surface area contributed by atoms with Crippen LogP contribution in [0.1, 0.15) is 20.8 Å². The van der Waals surface area contributed by atoms with Crippen molar-refractivity contribution >= 4 is 5.69 Å². The van der Waals surface area contributed by atoms with Crippen molar-refractivity contribution in [2.45, 2.75) is 32.9 Å². The molecule has 0 saturated heterocycles. The number of nitriles is 1.